The van der Waals surface area contributed by atoms with Gasteiger partial charge in [0.1, 0.15) is 0 Å². The molecule has 49 heavy (non-hydrogen) atoms. The second-order valence-electron chi connectivity index (χ2n) is 16.6. The topological polar surface area (TPSA) is 15.7 Å². The largest absolute Gasteiger partial charge is 0.370 e. The van der Waals surface area contributed by atoms with Crippen LogP contribution in [0.25, 0.3) is 5.57 Å². The third-order valence-corrected chi connectivity index (χ3v) is 13.4. The first kappa shape index (κ1) is 30.0. The molecule has 0 N–H and O–H groups in total. The first-order valence-corrected chi connectivity index (χ1v) is 19.3. The molecule has 2 aromatic rings. The number of allylic oxidation sites excluding steroid dienone is 8. The van der Waals surface area contributed by atoms with Gasteiger partial charge >= 0.3 is 0 Å². The SMILES string of the molecule is CC1CC=C(N2c3ccccc3C3C=C(N(C4=CC=CC5OC6CCC=CC6C45)C4C=C5C(=CC4)C(C)(C)c4ccccc45)CCC32)CC1. The van der Waals surface area contributed by atoms with E-state index in [-0.39, 0.29) is 17.6 Å². The predicted octanol–water partition coefficient (Wildman–Crippen LogP) is 10.5. The van der Waals surface area contributed by atoms with Crippen LogP contribution < -0.4 is 4.90 Å². The van der Waals surface area contributed by atoms with Gasteiger partial charge in [0.05, 0.1) is 18.2 Å². The van der Waals surface area contributed by atoms with Crippen LogP contribution in [0.4, 0.5) is 5.69 Å². The molecular formula is C46H50N2O. The summed E-state index contributed by atoms with van der Waals surface area (Å²) in [5, 5.41) is 0. The quantitative estimate of drug-likeness (QED) is 0.308. The highest BCUT2D eigenvalue weighted by Crippen LogP contribution is 2.55. The number of ether oxygens (including phenoxy) is 1. The average Bonchev–Trinajstić information content (AvgIpc) is 3.75. The number of anilines is 1. The highest BCUT2D eigenvalue weighted by Gasteiger charge is 2.49. The van der Waals surface area contributed by atoms with Crippen molar-refractivity contribution in [3.63, 3.8) is 0 Å². The molecule has 0 radical (unpaired) electrons. The van der Waals surface area contributed by atoms with Crippen LogP contribution in [-0.4, -0.2) is 29.2 Å². The Bertz CT molecular complexity index is 1920. The van der Waals surface area contributed by atoms with Crippen molar-refractivity contribution in [3.8, 4) is 0 Å². The van der Waals surface area contributed by atoms with Crippen molar-refractivity contribution in [2.75, 3.05) is 4.90 Å². The molecule has 0 bridgehead atoms. The maximum absolute atomic E-state index is 6.81. The van der Waals surface area contributed by atoms with Crippen molar-refractivity contribution in [1.29, 1.82) is 0 Å². The van der Waals surface area contributed by atoms with Crippen LogP contribution in [0.3, 0.4) is 0 Å². The molecule has 3 heteroatoms. The fraction of sp³-hybridized carbons (Fsp3) is 0.435. The molecule has 2 aromatic carbocycles. The number of nitrogens with zero attached hydrogens (tertiary/aromatic N) is 2. The lowest BCUT2D eigenvalue weighted by Gasteiger charge is -2.45. The smallest absolute Gasteiger partial charge is 0.0852 e. The van der Waals surface area contributed by atoms with Gasteiger partial charge in [-0.15, -0.1) is 0 Å². The highest BCUT2D eigenvalue weighted by molar-refractivity contribution is 5.90. The van der Waals surface area contributed by atoms with E-state index >= 15 is 0 Å². The van der Waals surface area contributed by atoms with E-state index in [1.165, 1.54) is 70.6 Å². The molecule has 0 spiro atoms. The Balaban J connectivity index is 1.09. The van der Waals surface area contributed by atoms with Gasteiger partial charge in [-0.25, -0.2) is 0 Å². The molecule has 250 valence electrons. The Hall–Kier alpha value is -3.82. The first-order valence-electron chi connectivity index (χ1n) is 19.3. The molecule has 8 aliphatic rings. The summed E-state index contributed by atoms with van der Waals surface area (Å²) < 4.78 is 6.81. The number of hydrogen-bond donors (Lipinski definition) is 0. The zero-order chi connectivity index (χ0) is 32.9. The summed E-state index contributed by atoms with van der Waals surface area (Å²) in [4.78, 5) is 5.59. The summed E-state index contributed by atoms with van der Waals surface area (Å²) >= 11 is 0. The van der Waals surface area contributed by atoms with E-state index in [1.54, 1.807) is 5.70 Å². The molecule has 8 unspecified atom stereocenters. The molecule has 0 saturated carbocycles. The maximum atomic E-state index is 6.81. The zero-order valence-electron chi connectivity index (χ0n) is 29.4. The maximum Gasteiger partial charge on any atom is 0.0852 e. The minimum Gasteiger partial charge on any atom is -0.370 e. The molecule has 2 heterocycles. The minimum atomic E-state index is 0.0372. The molecule has 0 aromatic heterocycles. The lowest BCUT2D eigenvalue weighted by molar-refractivity contribution is 0.0510. The Morgan fingerprint density at radius 2 is 1.78 bits per heavy atom. The van der Waals surface area contributed by atoms with E-state index in [0.717, 1.165) is 31.6 Å². The van der Waals surface area contributed by atoms with Crippen LogP contribution in [0, 0.1) is 17.8 Å². The van der Waals surface area contributed by atoms with Crippen LogP contribution in [0.15, 0.2) is 126 Å². The lowest BCUT2D eigenvalue weighted by atomic mass is 9.76. The van der Waals surface area contributed by atoms with Crippen LogP contribution in [0.5, 0.6) is 0 Å². The van der Waals surface area contributed by atoms with E-state index in [4.69, 9.17) is 4.74 Å². The van der Waals surface area contributed by atoms with Gasteiger partial charge in [0.25, 0.3) is 0 Å². The number of fused-ring (bicyclic) bond motifs is 9. The average molecular weight is 647 g/mol. The summed E-state index contributed by atoms with van der Waals surface area (Å²) in [5.74, 6) is 1.98. The van der Waals surface area contributed by atoms with E-state index in [1.807, 2.05) is 0 Å². The Morgan fingerprint density at radius 3 is 2.67 bits per heavy atom. The van der Waals surface area contributed by atoms with Gasteiger partial charge < -0.3 is 14.5 Å². The minimum absolute atomic E-state index is 0.0372. The summed E-state index contributed by atoms with van der Waals surface area (Å²) in [6.45, 7) is 7.23. The van der Waals surface area contributed by atoms with Gasteiger partial charge in [0.2, 0.25) is 0 Å². The molecule has 1 saturated heterocycles. The predicted molar refractivity (Wildman–Crippen MR) is 201 cm³/mol. The highest BCUT2D eigenvalue weighted by atomic mass is 16.5. The molecule has 6 aliphatic carbocycles. The van der Waals surface area contributed by atoms with E-state index in [9.17, 15) is 0 Å². The summed E-state index contributed by atoms with van der Waals surface area (Å²) in [5.41, 5.74) is 13.4. The van der Waals surface area contributed by atoms with E-state index < -0.39 is 0 Å². The second-order valence-corrected chi connectivity index (χ2v) is 16.6. The zero-order valence-corrected chi connectivity index (χ0v) is 29.4. The number of para-hydroxylation sites is 1. The van der Waals surface area contributed by atoms with Crippen molar-refractivity contribution < 1.29 is 4.74 Å². The van der Waals surface area contributed by atoms with Crippen molar-refractivity contribution in [2.24, 2.45) is 17.8 Å². The van der Waals surface area contributed by atoms with Crippen LogP contribution in [0.2, 0.25) is 0 Å². The normalized spacial score (nSPS) is 34.7. The molecule has 8 atom stereocenters. The fourth-order valence-electron chi connectivity index (χ4n) is 11.0. The monoisotopic (exact) mass is 646 g/mol. The van der Waals surface area contributed by atoms with Crippen molar-refractivity contribution in [1.82, 2.24) is 4.90 Å². The van der Waals surface area contributed by atoms with E-state index in [2.05, 4.69) is 134 Å². The molecule has 10 rings (SSSR count). The van der Waals surface area contributed by atoms with Gasteiger partial charge in [-0.2, -0.15) is 0 Å². The second kappa shape index (κ2) is 11.4. The number of rotatable bonds is 4. The van der Waals surface area contributed by atoms with Crippen molar-refractivity contribution >= 4 is 11.3 Å². The molecule has 2 aliphatic heterocycles. The third-order valence-electron chi connectivity index (χ3n) is 13.4. The lowest BCUT2D eigenvalue weighted by Crippen LogP contribution is -2.43. The third kappa shape index (κ3) is 4.57. The molecule has 0 amide bonds. The first-order chi connectivity index (χ1) is 24.0. The van der Waals surface area contributed by atoms with Crippen molar-refractivity contribution in [3.05, 3.63) is 143 Å². The summed E-state index contributed by atoms with van der Waals surface area (Å²) in [7, 11) is 0. The molecule has 1 fully saturated rings. The van der Waals surface area contributed by atoms with Gasteiger partial charge in [-0.3, -0.25) is 0 Å². The van der Waals surface area contributed by atoms with Crippen LogP contribution >= 0.6 is 0 Å². The van der Waals surface area contributed by atoms with Gasteiger partial charge in [-0.05, 0) is 97.3 Å². The van der Waals surface area contributed by atoms with Crippen LogP contribution in [-0.2, 0) is 10.2 Å². The molecule has 3 nitrogen and oxygen atoms in total. The summed E-state index contributed by atoms with van der Waals surface area (Å²) in [6, 6.07) is 19.2. The number of benzene rings is 2. The van der Waals surface area contributed by atoms with E-state index in [0.29, 0.717) is 29.9 Å². The van der Waals surface area contributed by atoms with Crippen LogP contribution in [0.1, 0.15) is 94.7 Å². The Labute approximate surface area is 293 Å². The fourth-order valence-corrected chi connectivity index (χ4v) is 11.0. The summed E-state index contributed by atoms with van der Waals surface area (Å²) in [6.07, 6.45) is 32.2. The Morgan fingerprint density at radius 1 is 0.898 bits per heavy atom. The standard InChI is InChI=1S/C46H50N2O/c1-29-19-21-30(22-20-29)48-40-15-8-5-12-34(40)37-28-32(24-26-41(37)48)47(42-16-10-18-44-45(42)35-13-6-9-17-43(35)49-44)31-23-25-39-36(27-31)33-11-4-7-14-38(33)46(39,2)3/h4-8,10-16,18,21,25,27-29,31,35,37,41,43-45H,9,17,19-20,22-24,26H2,1-3H3. The van der Waals surface area contributed by atoms with Gasteiger partial charge in [0.15, 0.2) is 0 Å². The Kier molecular flexibility index (Phi) is 6.96. The van der Waals surface area contributed by atoms with Crippen molar-refractivity contribution in [2.45, 2.75) is 108 Å². The number of hydrogen-bond acceptors (Lipinski definition) is 3. The van der Waals surface area contributed by atoms with Gasteiger partial charge in [-0.1, -0.05) is 112 Å². The molecular weight excluding hydrogens is 597 g/mol. The van der Waals surface area contributed by atoms with Gasteiger partial charge in [0, 0.05) is 52.0 Å².